The highest BCUT2D eigenvalue weighted by Gasteiger charge is 2.76. The number of ketones is 1. The first-order valence-electron chi connectivity index (χ1n) is 7.79. The standard InChI is InChI=1S/C16H16F7NO2/c17-14(18,15(19,20)16(21,22)23)13(25)11-3-5-12(6-4-11)26-10-9-24-7-1-2-8-24/h3-6H,1-2,7-10H2. The summed E-state index contributed by atoms with van der Waals surface area (Å²) in [5.41, 5.74) is -0.967. The number of hydrogen-bond acceptors (Lipinski definition) is 3. The molecule has 0 atom stereocenters. The fourth-order valence-corrected chi connectivity index (χ4v) is 2.50. The summed E-state index contributed by atoms with van der Waals surface area (Å²) < 4.78 is 94.4. The van der Waals surface area contributed by atoms with Crippen molar-refractivity contribution in [2.75, 3.05) is 26.2 Å². The molecule has 26 heavy (non-hydrogen) atoms. The first-order valence-corrected chi connectivity index (χ1v) is 7.79. The van der Waals surface area contributed by atoms with E-state index in [0.717, 1.165) is 50.2 Å². The van der Waals surface area contributed by atoms with Crippen molar-refractivity contribution in [3.63, 3.8) is 0 Å². The van der Waals surface area contributed by atoms with E-state index in [4.69, 9.17) is 4.74 Å². The summed E-state index contributed by atoms with van der Waals surface area (Å²) in [7, 11) is 0. The Labute approximate surface area is 144 Å². The number of carbonyl (C=O) groups excluding carboxylic acids is 1. The van der Waals surface area contributed by atoms with Gasteiger partial charge >= 0.3 is 18.0 Å². The molecule has 0 N–H and O–H groups in total. The second-order valence-corrected chi connectivity index (χ2v) is 5.90. The summed E-state index contributed by atoms with van der Waals surface area (Å²) in [6.45, 7) is 2.81. The molecule has 1 aliphatic heterocycles. The molecule has 0 spiro atoms. The highest BCUT2D eigenvalue weighted by Crippen LogP contribution is 2.47. The molecule has 3 nitrogen and oxygen atoms in total. The Bertz CT molecular complexity index is 622. The third kappa shape index (κ3) is 4.11. The number of Topliss-reactive ketones (excluding diaryl/α,β-unsaturated/α-hetero) is 1. The number of likely N-dealkylation sites (tertiary alicyclic amines) is 1. The van der Waals surface area contributed by atoms with Crippen molar-refractivity contribution in [3.8, 4) is 5.75 Å². The van der Waals surface area contributed by atoms with E-state index >= 15 is 0 Å². The van der Waals surface area contributed by atoms with Crippen LogP contribution in [0.2, 0.25) is 0 Å². The van der Waals surface area contributed by atoms with Gasteiger partial charge in [-0.15, -0.1) is 0 Å². The van der Waals surface area contributed by atoms with Crippen molar-refractivity contribution in [3.05, 3.63) is 29.8 Å². The minimum Gasteiger partial charge on any atom is -0.492 e. The number of benzene rings is 1. The van der Waals surface area contributed by atoms with Gasteiger partial charge in [-0.2, -0.15) is 30.7 Å². The van der Waals surface area contributed by atoms with Crippen LogP contribution in [0.25, 0.3) is 0 Å². The van der Waals surface area contributed by atoms with E-state index < -0.39 is 29.4 Å². The third-order valence-corrected chi connectivity index (χ3v) is 4.03. The largest absolute Gasteiger partial charge is 0.492 e. The minimum absolute atomic E-state index is 0.187. The van der Waals surface area contributed by atoms with E-state index in [0.29, 0.717) is 6.54 Å². The van der Waals surface area contributed by atoms with Crippen molar-refractivity contribution in [2.24, 2.45) is 0 Å². The van der Waals surface area contributed by atoms with E-state index in [1.165, 1.54) is 0 Å². The fraction of sp³-hybridized carbons (Fsp3) is 0.562. The predicted molar refractivity (Wildman–Crippen MR) is 77.9 cm³/mol. The number of nitrogens with zero attached hydrogens (tertiary/aromatic N) is 1. The summed E-state index contributed by atoms with van der Waals surface area (Å²) in [4.78, 5) is 13.6. The third-order valence-electron chi connectivity index (χ3n) is 4.03. The van der Waals surface area contributed by atoms with E-state index in [9.17, 15) is 35.5 Å². The Morgan fingerprint density at radius 1 is 0.962 bits per heavy atom. The molecule has 2 rings (SSSR count). The maximum absolute atomic E-state index is 13.4. The number of rotatable bonds is 7. The highest BCUT2D eigenvalue weighted by atomic mass is 19.4. The van der Waals surface area contributed by atoms with Gasteiger partial charge in [-0.25, -0.2) is 0 Å². The smallest absolute Gasteiger partial charge is 0.460 e. The van der Waals surface area contributed by atoms with Crippen LogP contribution in [0, 0.1) is 0 Å². The average Bonchev–Trinajstić information content (AvgIpc) is 3.07. The van der Waals surface area contributed by atoms with Gasteiger partial charge in [0.15, 0.2) is 0 Å². The molecule has 0 amide bonds. The Morgan fingerprint density at radius 2 is 1.50 bits per heavy atom. The Morgan fingerprint density at radius 3 is 2.00 bits per heavy atom. The number of ether oxygens (including phenoxy) is 1. The van der Waals surface area contributed by atoms with Gasteiger partial charge < -0.3 is 4.74 Å². The first-order chi connectivity index (χ1) is 12.0. The lowest BCUT2D eigenvalue weighted by Gasteiger charge is -2.27. The maximum atomic E-state index is 13.4. The fourth-order valence-electron chi connectivity index (χ4n) is 2.50. The van der Waals surface area contributed by atoms with Crippen LogP contribution >= 0.6 is 0 Å². The minimum atomic E-state index is -6.55. The molecule has 1 aliphatic rings. The molecular formula is C16H16F7NO2. The predicted octanol–water partition coefficient (Wildman–Crippen LogP) is 4.18. The van der Waals surface area contributed by atoms with Crippen molar-refractivity contribution in [1.82, 2.24) is 4.90 Å². The van der Waals surface area contributed by atoms with Gasteiger partial charge in [0.25, 0.3) is 0 Å². The first kappa shape index (κ1) is 20.5. The molecule has 1 aromatic carbocycles. The van der Waals surface area contributed by atoms with Gasteiger partial charge in [0, 0.05) is 12.1 Å². The van der Waals surface area contributed by atoms with Gasteiger partial charge in [0.2, 0.25) is 5.78 Å². The van der Waals surface area contributed by atoms with E-state index in [1.54, 1.807) is 0 Å². The summed E-state index contributed by atoms with van der Waals surface area (Å²) >= 11 is 0. The van der Waals surface area contributed by atoms with Crippen LogP contribution < -0.4 is 4.74 Å². The molecule has 1 fully saturated rings. The van der Waals surface area contributed by atoms with Crippen molar-refractivity contribution in [1.29, 1.82) is 0 Å². The van der Waals surface area contributed by atoms with Gasteiger partial charge in [-0.1, -0.05) is 0 Å². The van der Waals surface area contributed by atoms with E-state index in [2.05, 4.69) is 4.90 Å². The molecule has 0 aliphatic carbocycles. The van der Waals surface area contributed by atoms with E-state index in [-0.39, 0.29) is 12.4 Å². The topological polar surface area (TPSA) is 29.5 Å². The quantitative estimate of drug-likeness (QED) is 0.520. The molecule has 0 unspecified atom stereocenters. The van der Waals surface area contributed by atoms with Crippen LogP contribution in [0.4, 0.5) is 30.7 Å². The number of alkyl halides is 7. The molecule has 10 heteroatoms. The highest BCUT2D eigenvalue weighted by molar-refractivity contribution is 6.02. The van der Waals surface area contributed by atoms with Gasteiger partial charge in [-0.05, 0) is 50.2 Å². The molecule has 0 aromatic heterocycles. The molecule has 1 aromatic rings. The number of carbonyl (C=O) groups is 1. The van der Waals surface area contributed by atoms with Gasteiger partial charge in [0.1, 0.15) is 12.4 Å². The molecule has 0 saturated carbocycles. The Balaban J connectivity index is 2.01. The van der Waals surface area contributed by atoms with Crippen LogP contribution in [0.1, 0.15) is 23.2 Å². The van der Waals surface area contributed by atoms with Gasteiger partial charge in [-0.3, -0.25) is 9.69 Å². The van der Waals surface area contributed by atoms with Crippen molar-refractivity contribution in [2.45, 2.75) is 30.9 Å². The monoisotopic (exact) mass is 387 g/mol. The lowest BCUT2D eigenvalue weighted by atomic mass is 10.00. The molecule has 146 valence electrons. The zero-order valence-electron chi connectivity index (χ0n) is 13.5. The second kappa shape index (κ2) is 7.42. The summed E-state index contributed by atoms with van der Waals surface area (Å²) in [5, 5.41) is 0. The molecular weight excluding hydrogens is 371 g/mol. The van der Waals surface area contributed by atoms with Crippen LogP contribution in [-0.4, -0.2) is 54.9 Å². The molecule has 0 radical (unpaired) electrons. The lowest BCUT2D eigenvalue weighted by Crippen LogP contribution is -2.56. The number of halogens is 7. The maximum Gasteiger partial charge on any atom is 0.460 e. The molecule has 1 heterocycles. The average molecular weight is 387 g/mol. The van der Waals surface area contributed by atoms with Crippen LogP contribution in [-0.2, 0) is 0 Å². The number of hydrogen-bond donors (Lipinski definition) is 0. The Kier molecular flexibility index (Phi) is 5.84. The second-order valence-electron chi connectivity index (χ2n) is 5.90. The lowest BCUT2D eigenvalue weighted by molar-refractivity contribution is -0.339. The summed E-state index contributed by atoms with van der Waals surface area (Å²) in [6, 6.07) is 3.60. The van der Waals surface area contributed by atoms with Crippen molar-refractivity contribution >= 4 is 5.78 Å². The molecule has 1 saturated heterocycles. The van der Waals surface area contributed by atoms with Crippen molar-refractivity contribution < 1.29 is 40.3 Å². The van der Waals surface area contributed by atoms with Crippen LogP contribution in [0.5, 0.6) is 5.75 Å². The zero-order valence-corrected chi connectivity index (χ0v) is 13.5. The van der Waals surface area contributed by atoms with Crippen LogP contribution in [0.3, 0.4) is 0 Å². The Hall–Kier alpha value is -1.84. The SMILES string of the molecule is O=C(c1ccc(OCCN2CCCC2)cc1)C(F)(F)C(F)(F)C(F)(F)F. The van der Waals surface area contributed by atoms with E-state index in [1.807, 2.05) is 0 Å². The normalized spacial score (nSPS) is 16.7. The molecule has 0 bridgehead atoms. The van der Waals surface area contributed by atoms with Crippen LogP contribution in [0.15, 0.2) is 24.3 Å². The summed E-state index contributed by atoms with van der Waals surface area (Å²) in [6.07, 6.45) is -4.37. The zero-order chi connectivity index (χ0) is 19.6. The van der Waals surface area contributed by atoms with Gasteiger partial charge in [0.05, 0.1) is 0 Å². The summed E-state index contributed by atoms with van der Waals surface area (Å²) in [5.74, 6) is -14.8.